The first kappa shape index (κ1) is 14.4. The average molecular weight is 296 g/mol. The fourth-order valence-corrected chi connectivity index (χ4v) is 2.89. The summed E-state index contributed by atoms with van der Waals surface area (Å²) in [5, 5.41) is 0.711. The lowest BCUT2D eigenvalue weighted by Gasteiger charge is -2.09. The monoisotopic (exact) mass is 295 g/mol. The topological polar surface area (TPSA) is 26.0 Å². The van der Waals surface area contributed by atoms with Crippen molar-refractivity contribution in [2.45, 2.75) is 23.6 Å². The van der Waals surface area contributed by atoms with Gasteiger partial charge in [-0.25, -0.2) is 4.39 Å². The molecule has 0 saturated heterocycles. The van der Waals surface area contributed by atoms with Gasteiger partial charge in [0.2, 0.25) is 0 Å². The van der Waals surface area contributed by atoms with Gasteiger partial charge in [-0.1, -0.05) is 35.9 Å². The van der Waals surface area contributed by atoms with Crippen LogP contribution < -0.4 is 5.73 Å². The number of thioether (sulfide) groups is 1. The Hall–Kier alpha value is -1.03. The minimum absolute atomic E-state index is 0.155. The molecular formula is C15H15ClFNS. The van der Waals surface area contributed by atoms with Crippen LogP contribution in [0.25, 0.3) is 0 Å². The standard InChI is InChI=1S/C15H15ClFNS/c1-10(18)11-6-7-15(14(17)8-11)19-9-12-4-2-3-5-13(12)16/h2-8,10H,9,18H2,1H3. The summed E-state index contributed by atoms with van der Waals surface area (Å²) in [6.45, 7) is 1.84. The summed E-state index contributed by atoms with van der Waals surface area (Å²) in [6, 6.07) is 12.6. The molecule has 0 fully saturated rings. The molecule has 0 amide bonds. The summed E-state index contributed by atoms with van der Waals surface area (Å²) in [6.07, 6.45) is 0. The van der Waals surface area contributed by atoms with E-state index < -0.39 is 0 Å². The lowest BCUT2D eigenvalue weighted by molar-refractivity contribution is 0.596. The van der Waals surface area contributed by atoms with Crippen LogP contribution in [0.3, 0.4) is 0 Å². The fourth-order valence-electron chi connectivity index (χ4n) is 1.69. The highest BCUT2D eigenvalue weighted by molar-refractivity contribution is 7.98. The van der Waals surface area contributed by atoms with E-state index in [0.717, 1.165) is 11.1 Å². The fraction of sp³-hybridized carbons (Fsp3) is 0.200. The summed E-state index contributed by atoms with van der Waals surface area (Å²) >= 11 is 7.51. The van der Waals surface area contributed by atoms with Gasteiger partial charge in [0.05, 0.1) is 0 Å². The van der Waals surface area contributed by atoms with Gasteiger partial charge in [-0.15, -0.1) is 11.8 Å². The van der Waals surface area contributed by atoms with E-state index in [9.17, 15) is 4.39 Å². The van der Waals surface area contributed by atoms with Gasteiger partial charge in [-0.3, -0.25) is 0 Å². The highest BCUT2D eigenvalue weighted by Crippen LogP contribution is 2.29. The van der Waals surface area contributed by atoms with Crippen LogP contribution in [0.2, 0.25) is 5.02 Å². The van der Waals surface area contributed by atoms with Crippen molar-refractivity contribution in [3.05, 3.63) is 64.4 Å². The van der Waals surface area contributed by atoms with Gasteiger partial charge >= 0.3 is 0 Å². The van der Waals surface area contributed by atoms with E-state index in [2.05, 4.69) is 0 Å². The van der Waals surface area contributed by atoms with Crippen molar-refractivity contribution in [2.24, 2.45) is 5.73 Å². The molecule has 0 radical (unpaired) electrons. The van der Waals surface area contributed by atoms with Gasteiger partial charge in [0.15, 0.2) is 0 Å². The summed E-state index contributed by atoms with van der Waals surface area (Å²) in [4.78, 5) is 0.615. The molecule has 0 heterocycles. The molecule has 0 saturated carbocycles. The molecule has 100 valence electrons. The Bertz CT molecular complexity index is 572. The van der Waals surface area contributed by atoms with Crippen LogP contribution in [-0.4, -0.2) is 0 Å². The average Bonchev–Trinajstić information content (AvgIpc) is 2.39. The SMILES string of the molecule is CC(N)c1ccc(SCc2ccccc2Cl)c(F)c1. The molecule has 2 N–H and O–H groups in total. The normalized spacial score (nSPS) is 12.4. The van der Waals surface area contributed by atoms with Gasteiger partial charge < -0.3 is 5.73 Å². The number of nitrogens with two attached hydrogens (primary N) is 1. The summed E-state index contributed by atoms with van der Waals surface area (Å²) in [5.41, 5.74) is 7.54. The minimum atomic E-state index is -0.230. The lowest BCUT2D eigenvalue weighted by atomic mass is 10.1. The van der Waals surface area contributed by atoms with Crippen LogP contribution in [0, 0.1) is 5.82 Å². The Labute approximate surface area is 122 Å². The van der Waals surface area contributed by atoms with Crippen LogP contribution in [0.5, 0.6) is 0 Å². The van der Waals surface area contributed by atoms with E-state index in [4.69, 9.17) is 17.3 Å². The molecule has 1 atom stereocenters. The first-order valence-electron chi connectivity index (χ1n) is 5.99. The van der Waals surface area contributed by atoms with Crippen LogP contribution in [0.1, 0.15) is 24.1 Å². The van der Waals surface area contributed by atoms with E-state index >= 15 is 0 Å². The molecule has 0 aromatic heterocycles. The van der Waals surface area contributed by atoms with Gasteiger partial charge in [-0.05, 0) is 36.2 Å². The number of halogens is 2. The number of benzene rings is 2. The molecule has 1 unspecified atom stereocenters. The first-order valence-corrected chi connectivity index (χ1v) is 7.35. The summed E-state index contributed by atoms with van der Waals surface area (Å²) in [7, 11) is 0. The third-order valence-corrected chi connectivity index (χ3v) is 4.29. The van der Waals surface area contributed by atoms with E-state index in [-0.39, 0.29) is 11.9 Å². The maximum absolute atomic E-state index is 13.9. The molecule has 4 heteroatoms. The van der Waals surface area contributed by atoms with E-state index in [0.29, 0.717) is 15.7 Å². The Morgan fingerprint density at radius 1 is 1.26 bits per heavy atom. The zero-order chi connectivity index (χ0) is 13.8. The second-order valence-electron chi connectivity index (χ2n) is 4.36. The second kappa shape index (κ2) is 6.42. The van der Waals surface area contributed by atoms with Crippen molar-refractivity contribution in [1.29, 1.82) is 0 Å². The predicted molar refractivity (Wildman–Crippen MR) is 80.0 cm³/mol. The van der Waals surface area contributed by atoms with Crippen molar-refractivity contribution in [2.75, 3.05) is 0 Å². The molecule has 0 aliphatic heterocycles. The van der Waals surface area contributed by atoms with Crippen molar-refractivity contribution >= 4 is 23.4 Å². The maximum Gasteiger partial charge on any atom is 0.137 e. The zero-order valence-electron chi connectivity index (χ0n) is 10.6. The van der Waals surface area contributed by atoms with Gasteiger partial charge in [0, 0.05) is 21.7 Å². The number of hydrogen-bond donors (Lipinski definition) is 1. The Balaban J connectivity index is 2.10. The largest absolute Gasteiger partial charge is 0.324 e. The van der Waals surface area contributed by atoms with Gasteiger partial charge in [0.1, 0.15) is 5.82 Å². The molecular weight excluding hydrogens is 281 g/mol. The molecule has 0 aliphatic carbocycles. The van der Waals surface area contributed by atoms with E-state index in [1.165, 1.54) is 17.8 Å². The van der Waals surface area contributed by atoms with Gasteiger partial charge in [-0.2, -0.15) is 0 Å². The minimum Gasteiger partial charge on any atom is -0.324 e. The number of rotatable bonds is 4. The van der Waals surface area contributed by atoms with E-state index in [1.807, 2.05) is 37.3 Å². The maximum atomic E-state index is 13.9. The highest BCUT2D eigenvalue weighted by Gasteiger charge is 2.08. The summed E-state index contributed by atoms with van der Waals surface area (Å²) in [5.74, 6) is 0.417. The lowest BCUT2D eigenvalue weighted by Crippen LogP contribution is -2.05. The van der Waals surface area contributed by atoms with Gasteiger partial charge in [0.25, 0.3) is 0 Å². The van der Waals surface area contributed by atoms with Crippen LogP contribution >= 0.6 is 23.4 Å². The number of hydrogen-bond acceptors (Lipinski definition) is 2. The molecule has 0 spiro atoms. The van der Waals surface area contributed by atoms with Crippen molar-refractivity contribution < 1.29 is 4.39 Å². The molecule has 0 aliphatic rings. The van der Waals surface area contributed by atoms with Crippen molar-refractivity contribution in [3.8, 4) is 0 Å². The third-order valence-electron chi connectivity index (χ3n) is 2.82. The first-order chi connectivity index (χ1) is 9.08. The molecule has 2 aromatic rings. The Morgan fingerprint density at radius 2 is 2.00 bits per heavy atom. The third kappa shape index (κ3) is 3.72. The van der Waals surface area contributed by atoms with Crippen LogP contribution in [-0.2, 0) is 5.75 Å². The molecule has 0 bridgehead atoms. The highest BCUT2D eigenvalue weighted by atomic mass is 35.5. The molecule has 19 heavy (non-hydrogen) atoms. The predicted octanol–water partition coefficient (Wildman–Crippen LogP) is 4.79. The van der Waals surface area contributed by atoms with E-state index in [1.54, 1.807) is 6.07 Å². The van der Waals surface area contributed by atoms with Crippen LogP contribution in [0.15, 0.2) is 47.4 Å². The van der Waals surface area contributed by atoms with Crippen molar-refractivity contribution in [1.82, 2.24) is 0 Å². The zero-order valence-corrected chi connectivity index (χ0v) is 12.1. The van der Waals surface area contributed by atoms with Crippen LogP contribution in [0.4, 0.5) is 4.39 Å². The molecule has 1 nitrogen and oxygen atoms in total. The van der Waals surface area contributed by atoms with Crippen molar-refractivity contribution in [3.63, 3.8) is 0 Å². The summed E-state index contributed by atoms with van der Waals surface area (Å²) < 4.78 is 13.9. The smallest absolute Gasteiger partial charge is 0.137 e. The quantitative estimate of drug-likeness (QED) is 0.821. The molecule has 2 rings (SSSR count). The second-order valence-corrected chi connectivity index (χ2v) is 5.78. The molecule has 2 aromatic carbocycles. The Kier molecular flexibility index (Phi) is 4.86. The Morgan fingerprint density at radius 3 is 2.63 bits per heavy atom.